The van der Waals surface area contributed by atoms with Crippen LogP contribution in [0.15, 0.2) is 22.7 Å². The minimum atomic E-state index is 0. The summed E-state index contributed by atoms with van der Waals surface area (Å²) in [6.45, 7) is 4.47. The average Bonchev–Trinajstić information content (AvgIpc) is 2.35. The number of hydrogen-bond donors (Lipinski definition) is 1. The normalized spacial score (nSPS) is 17.2. The van der Waals surface area contributed by atoms with E-state index >= 15 is 0 Å². The van der Waals surface area contributed by atoms with E-state index in [1.807, 2.05) is 13.1 Å². The summed E-state index contributed by atoms with van der Waals surface area (Å²) in [5.74, 6) is 0.839. The maximum absolute atomic E-state index is 6.26. The van der Waals surface area contributed by atoms with E-state index in [0.29, 0.717) is 0 Å². The number of likely N-dealkylation sites (tertiary alicyclic amines) is 1. The average molecular weight is 368 g/mol. The van der Waals surface area contributed by atoms with Crippen LogP contribution in [0.4, 0.5) is 0 Å². The van der Waals surface area contributed by atoms with Gasteiger partial charge in [-0.2, -0.15) is 0 Å². The molecule has 19 heavy (non-hydrogen) atoms. The molecule has 0 atom stereocenters. The van der Waals surface area contributed by atoms with Crippen molar-refractivity contribution >= 4 is 39.9 Å². The molecular weight excluding hydrogens is 347 g/mol. The van der Waals surface area contributed by atoms with Crippen molar-refractivity contribution < 1.29 is 0 Å². The quantitative estimate of drug-likeness (QED) is 0.866. The smallest absolute Gasteiger partial charge is 0.0462 e. The summed E-state index contributed by atoms with van der Waals surface area (Å²) in [6, 6.07) is 6.16. The van der Waals surface area contributed by atoms with Crippen molar-refractivity contribution in [2.24, 2.45) is 5.92 Å². The van der Waals surface area contributed by atoms with Crippen LogP contribution in [-0.4, -0.2) is 31.6 Å². The molecule has 2 rings (SSSR count). The molecule has 0 saturated carbocycles. The third-order valence-electron chi connectivity index (χ3n) is 3.61. The number of hydrogen-bond acceptors (Lipinski definition) is 2. The van der Waals surface area contributed by atoms with Gasteiger partial charge >= 0.3 is 0 Å². The molecule has 1 heterocycles. The third-order valence-corrected chi connectivity index (χ3v) is 4.45. The highest BCUT2D eigenvalue weighted by Gasteiger charge is 2.19. The fraction of sp³-hybridized carbons (Fsp3) is 0.571. The number of rotatable bonds is 4. The van der Waals surface area contributed by atoms with Gasteiger partial charge < -0.3 is 5.32 Å². The number of halogens is 3. The molecule has 0 amide bonds. The predicted octanol–water partition coefficient (Wildman–Crippen LogP) is 3.96. The van der Waals surface area contributed by atoms with Crippen LogP contribution in [0.2, 0.25) is 5.02 Å². The Labute approximate surface area is 135 Å². The van der Waals surface area contributed by atoms with Crippen molar-refractivity contribution in [1.82, 2.24) is 10.2 Å². The van der Waals surface area contributed by atoms with Gasteiger partial charge in [-0.15, -0.1) is 12.4 Å². The number of benzene rings is 1. The van der Waals surface area contributed by atoms with Crippen LogP contribution in [0.3, 0.4) is 0 Å². The zero-order valence-electron chi connectivity index (χ0n) is 11.2. The Hall–Kier alpha value is 0.200. The van der Waals surface area contributed by atoms with Crippen molar-refractivity contribution in [2.75, 3.05) is 26.7 Å². The minimum absolute atomic E-state index is 0. The van der Waals surface area contributed by atoms with Gasteiger partial charge in [-0.3, -0.25) is 4.90 Å². The lowest BCUT2D eigenvalue weighted by molar-refractivity contribution is 0.177. The Bertz CT molecular complexity index is 393. The molecule has 1 aliphatic rings. The molecule has 0 spiro atoms. The molecule has 1 fully saturated rings. The molecule has 0 unspecified atom stereocenters. The fourth-order valence-corrected chi connectivity index (χ4v) is 3.26. The highest BCUT2D eigenvalue weighted by atomic mass is 79.9. The molecule has 0 bridgehead atoms. The number of piperidine rings is 1. The van der Waals surface area contributed by atoms with E-state index in [1.54, 1.807) is 0 Å². The zero-order chi connectivity index (χ0) is 13.0. The van der Waals surface area contributed by atoms with Crippen molar-refractivity contribution in [1.29, 1.82) is 0 Å². The molecule has 108 valence electrons. The van der Waals surface area contributed by atoms with Crippen LogP contribution >= 0.6 is 39.9 Å². The van der Waals surface area contributed by atoms with Gasteiger partial charge in [0.15, 0.2) is 0 Å². The van der Waals surface area contributed by atoms with Gasteiger partial charge in [0, 0.05) is 16.0 Å². The first-order valence-electron chi connectivity index (χ1n) is 6.50. The molecule has 2 nitrogen and oxygen atoms in total. The van der Waals surface area contributed by atoms with Gasteiger partial charge in [-0.25, -0.2) is 0 Å². The van der Waals surface area contributed by atoms with Crippen LogP contribution in [0.1, 0.15) is 18.4 Å². The van der Waals surface area contributed by atoms with Gasteiger partial charge in [-0.1, -0.05) is 33.6 Å². The first-order valence-corrected chi connectivity index (χ1v) is 7.67. The van der Waals surface area contributed by atoms with Gasteiger partial charge in [0.25, 0.3) is 0 Å². The zero-order valence-corrected chi connectivity index (χ0v) is 14.3. The summed E-state index contributed by atoms with van der Waals surface area (Å²) in [5.41, 5.74) is 1.23. The lowest BCUT2D eigenvalue weighted by Crippen LogP contribution is -2.36. The summed E-state index contributed by atoms with van der Waals surface area (Å²) < 4.78 is 1.05. The van der Waals surface area contributed by atoms with E-state index in [0.717, 1.165) is 28.5 Å². The molecule has 1 aliphatic heterocycles. The fourth-order valence-electron chi connectivity index (χ4n) is 2.53. The van der Waals surface area contributed by atoms with Crippen LogP contribution in [0, 0.1) is 5.92 Å². The molecule has 1 saturated heterocycles. The number of nitrogens with zero attached hydrogens (tertiary/aromatic N) is 1. The van der Waals surface area contributed by atoms with Crippen LogP contribution in [0.5, 0.6) is 0 Å². The monoisotopic (exact) mass is 366 g/mol. The van der Waals surface area contributed by atoms with Crippen LogP contribution < -0.4 is 5.32 Å². The summed E-state index contributed by atoms with van der Waals surface area (Å²) in [7, 11) is 2.04. The Kier molecular flexibility index (Phi) is 7.70. The number of nitrogens with one attached hydrogen (secondary N) is 1. The topological polar surface area (TPSA) is 15.3 Å². The second kappa shape index (κ2) is 8.48. The van der Waals surface area contributed by atoms with Crippen molar-refractivity contribution in [3.05, 3.63) is 33.3 Å². The minimum Gasteiger partial charge on any atom is -0.319 e. The van der Waals surface area contributed by atoms with Crippen molar-refractivity contribution in [2.45, 2.75) is 19.4 Å². The summed E-state index contributed by atoms with van der Waals surface area (Å²) in [5, 5.41) is 4.14. The third kappa shape index (κ3) is 5.24. The molecule has 0 aromatic heterocycles. The lowest BCUT2D eigenvalue weighted by Gasteiger charge is -2.32. The summed E-state index contributed by atoms with van der Waals surface area (Å²) in [6.07, 6.45) is 2.57. The molecule has 5 heteroatoms. The second-order valence-corrected chi connectivity index (χ2v) is 6.34. The Morgan fingerprint density at radius 1 is 1.37 bits per heavy atom. The molecule has 1 N–H and O–H groups in total. The highest BCUT2D eigenvalue weighted by Crippen LogP contribution is 2.24. The van der Waals surface area contributed by atoms with Crippen molar-refractivity contribution in [3.63, 3.8) is 0 Å². The molecule has 0 aliphatic carbocycles. The Balaban J connectivity index is 0.00000180. The van der Waals surface area contributed by atoms with E-state index in [1.165, 1.54) is 31.5 Å². The first-order chi connectivity index (χ1) is 8.69. The van der Waals surface area contributed by atoms with Crippen molar-refractivity contribution in [3.8, 4) is 0 Å². The van der Waals surface area contributed by atoms with E-state index < -0.39 is 0 Å². The largest absolute Gasteiger partial charge is 0.319 e. The van der Waals surface area contributed by atoms with Gasteiger partial charge in [-0.05, 0) is 63.1 Å². The van der Waals surface area contributed by atoms with E-state index in [2.05, 4.69) is 38.3 Å². The highest BCUT2D eigenvalue weighted by molar-refractivity contribution is 9.10. The maximum Gasteiger partial charge on any atom is 0.0462 e. The molecule has 0 radical (unpaired) electrons. The summed E-state index contributed by atoms with van der Waals surface area (Å²) in [4.78, 5) is 2.50. The predicted molar refractivity (Wildman–Crippen MR) is 88.3 cm³/mol. The summed E-state index contributed by atoms with van der Waals surface area (Å²) >= 11 is 9.70. The molecule has 1 aromatic carbocycles. The van der Waals surface area contributed by atoms with Crippen LogP contribution in [0.25, 0.3) is 0 Å². The molecule has 1 aromatic rings. The SMILES string of the molecule is CNCC1CCN(Cc2ccc(Br)cc2Cl)CC1.Cl. The Morgan fingerprint density at radius 2 is 2.05 bits per heavy atom. The molecular formula is C14H21BrCl2N2. The van der Waals surface area contributed by atoms with Gasteiger partial charge in [0.2, 0.25) is 0 Å². The standard InChI is InChI=1S/C14H20BrClN2.ClH/c1-17-9-11-4-6-18(7-5-11)10-12-2-3-13(15)8-14(12)16;/h2-3,8,11,17H,4-7,9-10H2,1H3;1H. The van der Waals surface area contributed by atoms with E-state index in [4.69, 9.17) is 11.6 Å². The first kappa shape index (κ1) is 17.3. The maximum atomic E-state index is 6.26. The second-order valence-electron chi connectivity index (χ2n) is 5.01. The van der Waals surface area contributed by atoms with Gasteiger partial charge in [0.1, 0.15) is 0 Å². The van der Waals surface area contributed by atoms with Gasteiger partial charge in [0.05, 0.1) is 0 Å². The van der Waals surface area contributed by atoms with E-state index in [9.17, 15) is 0 Å². The Morgan fingerprint density at radius 3 is 2.63 bits per heavy atom. The lowest BCUT2D eigenvalue weighted by atomic mass is 9.96. The van der Waals surface area contributed by atoms with E-state index in [-0.39, 0.29) is 12.4 Å². The van der Waals surface area contributed by atoms with Crippen LogP contribution in [-0.2, 0) is 6.54 Å².